The summed E-state index contributed by atoms with van der Waals surface area (Å²) in [5, 5.41) is 0. The number of sulfone groups is 1. The van der Waals surface area contributed by atoms with Gasteiger partial charge in [-0.2, -0.15) is 0 Å². The molecule has 1 saturated carbocycles. The Labute approximate surface area is 67.3 Å². The Bertz CT molecular complexity index is 208. The molecule has 5 heteroatoms. The van der Waals surface area contributed by atoms with E-state index in [0.29, 0.717) is 12.8 Å². The molecule has 1 fully saturated rings. The van der Waals surface area contributed by atoms with Crippen LogP contribution >= 0.6 is 12.4 Å². The van der Waals surface area contributed by atoms with Crippen LogP contribution in [0.25, 0.3) is 0 Å². The van der Waals surface area contributed by atoms with Crippen molar-refractivity contribution in [3.8, 4) is 0 Å². The average Bonchev–Trinajstić information content (AvgIpc) is 1.57. The lowest BCUT2D eigenvalue weighted by Crippen LogP contribution is -2.52. The molecule has 0 spiro atoms. The summed E-state index contributed by atoms with van der Waals surface area (Å²) in [5.41, 5.74) is 5.49. The van der Waals surface area contributed by atoms with Crippen LogP contribution in [0.3, 0.4) is 0 Å². The van der Waals surface area contributed by atoms with Crippen LogP contribution in [0.15, 0.2) is 0 Å². The highest BCUT2D eigenvalue weighted by Gasteiger charge is 2.42. The number of halogens is 1. The fourth-order valence-electron chi connectivity index (χ4n) is 0.896. The molecule has 1 aliphatic carbocycles. The minimum atomic E-state index is -2.99. The Morgan fingerprint density at radius 1 is 1.40 bits per heavy atom. The first-order valence-corrected chi connectivity index (χ1v) is 4.83. The molecule has 0 amide bonds. The van der Waals surface area contributed by atoms with Crippen molar-refractivity contribution in [1.82, 2.24) is 0 Å². The van der Waals surface area contributed by atoms with Crippen LogP contribution in [-0.4, -0.2) is 19.5 Å². The van der Waals surface area contributed by atoms with Crippen molar-refractivity contribution in [3.05, 3.63) is 0 Å². The summed E-state index contributed by atoms with van der Waals surface area (Å²) in [6.45, 7) is 0. The van der Waals surface area contributed by atoms with Gasteiger partial charge in [0, 0.05) is 6.26 Å². The minimum Gasteiger partial charge on any atom is -0.313 e. The molecule has 1 aliphatic rings. The molecule has 62 valence electrons. The summed E-state index contributed by atoms with van der Waals surface area (Å²) < 4.78 is 21.6. The monoisotopic (exact) mass is 185 g/mol. The predicted octanol–water partition coefficient (Wildman–Crippen LogP) is 0.292. The van der Waals surface area contributed by atoms with E-state index in [1.165, 1.54) is 6.26 Å². The normalized spacial score (nSPS) is 22.6. The summed E-state index contributed by atoms with van der Waals surface area (Å²) in [4.78, 5) is -0.868. The van der Waals surface area contributed by atoms with Gasteiger partial charge in [-0.25, -0.2) is 8.42 Å². The standard InChI is InChI=1S/C5H11NO2S.ClH/c1-9(7,8)5(6)3-2-4-5;/h2-4,6H2,1H3;1H. The summed E-state index contributed by atoms with van der Waals surface area (Å²) in [6.07, 6.45) is 3.41. The fourth-order valence-corrected chi connectivity index (χ4v) is 1.93. The van der Waals surface area contributed by atoms with E-state index in [4.69, 9.17) is 5.73 Å². The van der Waals surface area contributed by atoms with Gasteiger partial charge in [0.2, 0.25) is 0 Å². The first kappa shape index (κ1) is 10.2. The molecule has 3 nitrogen and oxygen atoms in total. The summed E-state index contributed by atoms with van der Waals surface area (Å²) in [7, 11) is -2.99. The Kier molecular flexibility index (Phi) is 2.73. The average molecular weight is 186 g/mol. The van der Waals surface area contributed by atoms with Crippen LogP contribution in [-0.2, 0) is 9.84 Å². The van der Waals surface area contributed by atoms with Crippen molar-refractivity contribution in [2.75, 3.05) is 6.26 Å². The van der Waals surface area contributed by atoms with E-state index in [1.807, 2.05) is 0 Å². The lowest BCUT2D eigenvalue weighted by molar-refractivity contribution is 0.348. The summed E-state index contributed by atoms with van der Waals surface area (Å²) in [5.74, 6) is 0. The molecule has 0 unspecified atom stereocenters. The van der Waals surface area contributed by atoms with Crippen LogP contribution in [0.2, 0.25) is 0 Å². The molecule has 0 aromatic rings. The first-order chi connectivity index (χ1) is 3.96. The zero-order chi connectivity index (χ0) is 7.12. The van der Waals surface area contributed by atoms with Gasteiger partial charge in [0.25, 0.3) is 0 Å². The van der Waals surface area contributed by atoms with Crippen LogP contribution in [0.1, 0.15) is 19.3 Å². The van der Waals surface area contributed by atoms with Crippen LogP contribution < -0.4 is 5.73 Å². The molecule has 0 atom stereocenters. The molecule has 1 rings (SSSR count). The lowest BCUT2D eigenvalue weighted by Gasteiger charge is -2.35. The topological polar surface area (TPSA) is 60.2 Å². The zero-order valence-corrected chi connectivity index (χ0v) is 7.46. The maximum Gasteiger partial charge on any atom is 0.165 e. The summed E-state index contributed by atoms with van der Waals surface area (Å²) >= 11 is 0. The highest BCUT2D eigenvalue weighted by Crippen LogP contribution is 2.33. The van der Waals surface area contributed by atoms with Gasteiger partial charge < -0.3 is 5.73 Å². The molecule has 0 heterocycles. The number of nitrogens with two attached hydrogens (primary N) is 1. The smallest absolute Gasteiger partial charge is 0.165 e. The van der Waals surface area contributed by atoms with Crippen molar-refractivity contribution in [3.63, 3.8) is 0 Å². The molecular weight excluding hydrogens is 174 g/mol. The van der Waals surface area contributed by atoms with Crippen molar-refractivity contribution >= 4 is 22.2 Å². The number of hydrogen-bond donors (Lipinski definition) is 1. The molecule has 0 aliphatic heterocycles. The fraction of sp³-hybridized carbons (Fsp3) is 1.00. The molecule has 0 bridgehead atoms. The maximum absolute atomic E-state index is 10.8. The van der Waals surface area contributed by atoms with Gasteiger partial charge in [-0.05, 0) is 19.3 Å². The van der Waals surface area contributed by atoms with Crippen molar-refractivity contribution in [1.29, 1.82) is 0 Å². The number of rotatable bonds is 1. The maximum atomic E-state index is 10.8. The van der Waals surface area contributed by atoms with E-state index in [2.05, 4.69) is 0 Å². The predicted molar refractivity (Wildman–Crippen MR) is 42.9 cm³/mol. The number of hydrogen-bond acceptors (Lipinski definition) is 3. The lowest BCUT2D eigenvalue weighted by atomic mass is 9.93. The van der Waals surface area contributed by atoms with Crippen LogP contribution in [0, 0.1) is 0 Å². The van der Waals surface area contributed by atoms with E-state index in [1.54, 1.807) is 0 Å². The van der Waals surface area contributed by atoms with Crippen LogP contribution in [0.4, 0.5) is 0 Å². The third-order valence-electron chi connectivity index (χ3n) is 1.94. The Morgan fingerprint density at radius 3 is 1.80 bits per heavy atom. The molecule has 0 aromatic carbocycles. The molecule has 10 heavy (non-hydrogen) atoms. The van der Waals surface area contributed by atoms with Gasteiger partial charge in [-0.1, -0.05) is 0 Å². The van der Waals surface area contributed by atoms with Gasteiger partial charge in [0.05, 0.1) is 0 Å². The molecule has 0 aromatic heterocycles. The minimum absolute atomic E-state index is 0. The van der Waals surface area contributed by atoms with E-state index in [9.17, 15) is 8.42 Å². The second-order valence-corrected chi connectivity index (χ2v) is 5.05. The zero-order valence-electron chi connectivity index (χ0n) is 5.83. The first-order valence-electron chi connectivity index (χ1n) is 2.94. The Hall–Kier alpha value is 0.200. The van der Waals surface area contributed by atoms with Gasteiger partial charge in [0.1, 0.15) is 4.87 Å². The molecule has 0 radical (unpaired) electrons. The second-order valence-electron chi connectivity index (χ2n) is 2.69. The Balaban J connectivity index is 0.000000810. The van der Waals surface area contributed by atoms with Crippen molar-refractivity contribution < 1.29 is 8.42 Å². The second kappa shape index (κ2) is 2.68. The largest absolute Gasteiger partial charge is 0.313 e. The van der Waals surface area contributed by atoms with E-state index in [0.717, 1.165) is 6.42 Å². The van der Waals surface area contributed by atoms with Crippen LogP contribution in [0.5, 0.6) is 0 Å². The molecule has 0 saturated heterocycles. The van der Waals surface area contributed by atoms with Gasteiger partial charge in [-0.15, -0.1) is 12.4 Å². The van der Waals surface area contributed by atoms with E-state index >= 15 is 0 Å². The third-order valence-corrected chi connectivity index (χ3v) is 3.82. The highest BCUT2D eigenvalue weighted by atomic mass is 35.5. The highest BCUT2D eigenvalue weighted by molar-refractivity contribution is 7.92. The van der Waals surface area contributed by atoms with E-state index < -0.39 is 14.7 Å². The SMILES string of the molecule is CS(=O)(=O)C1(N)CCC1.Cl. The molecular formula is C5H12ClNO2S. The van der Waals surface area contributed by atoms with E-state index in [-0.39, 0.29) is 12.4 Å². The third kappa shape index (κ3) is 1.44. The van der Waals surface area contributed by atoms with Crippen molar-refractivity contribution in [2.45, 2.75) is 24.1 Å². The Morgan fingerprint density at radius 2 is 1.80 bits per heavy atom. The van der Waals surface area contributed by atoms with Gasteiger partial charge in [-0.3, -0.25) is 0 Å². The van der Waals surface area contributed by atoms with Crippen molar-refractivity contribution in [2.24, 2.45) is 5.73 Å². The van der Waals surface area contributed by atoms with Gasteiger partial charge >= 0.3 is 0 Å². The summed E-state index contributed by atoms with van der Waals surface area (Å²) in [6, 6.07) is 0. The quantitative estimate of drug-likeness (QED) is 0.639. The molecule has 2 N–H and O–H groups in total. The van der Waals surface area contributed by atoms with Gasteiger partial charge in [0.15, 0.2) is 9.84 Å².